The second kappa shape index (κ2) is 9.51. The molecular formula is C17H32N4O. The first-order chi connectivity index (χ1) is 10.4. The van der Waals surface area contributed by atoms with E-state index < -0.39 is 0 Å². The number of nitrogens with two attached hydrogens (primary N) is 1. The summed E-state index contributed by atoms with van der Waals surface area (Å²) in [6, 6.07) is 4.32. The van der Waals surface area contributed by atoms with E-state index in [1.807, 2.05) is 26.2 Å². The molecule has 0 aliphatic heterocycles. The third-order valence-corrected chi connectivity index (χ3v) is 3.74. The van der Waals surface area contributed by atoms with Crippen LogP contribution in [0.1, 0.15) is 51.8 Å². The third kappa shape index (κ3) is 6.98. The molecule has 1 aromatic heterocycles. The van der Waals surface area contributed by atoms with Crippen LogP contribution in [0, 0.1) is 5.92 Å². The van der Waals surface area contributed by atoms with Crippen LogP contribution in [0.15, 0.2) is 27.8 Å². The molecule has 3 N–H and O–H groups in total. The molecule has 2 atom stereocenters. The molecule has 0 radical (unpaired) electrons. The Morgan fingerprint density at radius 2 is 2.05 bits per heavy atom. The third-order valence-electron chi connectivity index (χ3n) is 3.74. The van der Waals surface area contributed by atoms with Crippen molar-refractivity contribution in [1.82, 2.24) is 10.2 Å². The zero-order chi connectivity index (χ0) is 16.5. The average Bonchev–Trinajstić information content (AvgIpc) is 2.91. The Morgan fingerprint density at radius 3 is 2.59 bits per heavy atom. The molecule has 126 valence electrons. The molecular weight excluding hydrogens is 276 g/mol. The summed E-state index contributed by atoms with van der Waals surface area (Å²) in [5.74, 6) is 2.18. The van der Waals surface area contributed by atoms with Crippen molar-refractivity contribution in [3.63, 3.8) is 0 Å². The van der Waals surface area contributed by atoms with E-state index in [4.69, 9.17) is 10.2 Å². The molecule has 0 fully saturated rings. The van der Waals surface area contributed by atoms with Crippen LogP contribution in [-0.4, -0.2) is 37.5 Å². The average molecular weight is 308 g/mol. The van der Waals surface area contributed by atoms with Crippen LogP contribution in [0.5, 0.6) is 0 Å². The van der Waals surface area contributed by atoms with Crippen LogP contribution < -0.4 is 11.1 Å². The fourth-order valence-corrected chi connectivity index (χ4v) is 2.38. The van der Waals surface area contributed by atoms with Gasteiger partial charge in [0.1, 0.15) is 5.76 Å². The second-order valence-electron chi connectivity index (χ2n) is 6.59. The monoisotopic (exact) mass is 308 g/mol. The fourth-order valence-electron chi connectivity index (χ4n) is 2.38. The smallest absolute Gasteiger partial charge is 0.188 e. The van der Waals surface area contributed by atoms with Crippen molar-refractivity contribution in [3.8, 4) is 0 Å². The minimum Gasteiger partial charge on any atom is -0.468 e. The van der Waals surface area contributed by atoms with E-state index in [-0.39, 0.29) is 6.04 Å². The number of rotatable bonds is 9. The lowest BCUT2D eigenvalue weighted by Crippen LogP contribution is -2.39. The largest absolute Gasteiger partial charge is 0.468 e. The van der Waals surface area contributed by atoms with Gasteiger partial charge in [-0.05, 0) is 45.5 Å². The standard InChI is InChI=1S/C17H32N4O/c1-13(2)8-6-9-14(3)20-17(18)19-12-15(21(4)5)16-10-7-11-22-16/h7,10-11,13-15H,6,8-9,12H2,1-5H3,(H3,18,19,20). The highest BCUT2D eigenvalue weighted by Crippen LogP contribution is 2.18. The van der Waals surface area contributed by atoms with Gasteiger partial charge in [-0.15, -0.1) is 0 Å². The van der Waals surface area contributed by atoms with E-state index in [2.05, 4.69) is 36.0 Å². The fraction of sp³-hybridized carbons (Fsp3) is 0.706. The lowest BCUT2D eigenvalue weighted by Gasteiger charge is -2.21. The van der Waals surface area contributed by atoms with Crippen molar-refractivity contribution in [3.05, 3.63) is 24.2 Å². The molecule has 1 rings (SSSR count). The first-order valence-corrected chi connectivity index (χ1v) is 8.16. The number of hydrogen-bond acceptors (Lipinski definition) is 3. The van der Waals surface area contributed by atoms with Crippen LogP contribution in [0.4, 0.5) is 0 Å². The molecule has 5 nitrogen and oxygen atoms in total. The van der Waals surface area contributed by atoms with Gasteiger partial charge in [0.2, 0.25) is 0 Å². The topological polar surface area (TPSA) is 66.8 Å². The van der Waals surface area contributed by atoms with Gasteiger partial charge in [0.25, 0.3) is 0 Å². The highest BCUT2D eigenvalue weighted by atomic mass is 16.3. The van der Waals surface area contributed by atoms with E-state index >= 15 is 0 Å². The Hall–Kier alpha value is -1.49. The summed E-state index contributed by atoms with van der Waals surface area (Å²) in [6.07, 6.45) is 5.27. The Labute approximate surface area is 135 Å². The first kappa shape index (κ1) is 18.6. The van der Waals surface area contributed by atoms with Gasteiger partial charge >= 0.3 is 0 Å². The first-order valence-electron chi connectivity index (χ1n) is 8.16. The van der Waals surface area contributed by atoms with Gasteiger partial charge in [0.15, 0.2) is 5.96 Å². The Kier molecular flexibility index (Phi) is 8.02. The molecule has 22 heavy (non-hydrogen) atoms. The highest BCUT2D eigenvalue weighted by molar-refractivity contribution is 5.78. The Morgan fingerprint density at radius 1 is 1.32 bits per heavy atom. The number of guanidine groups is 1. The molecule has 5 heteroatoms. The molecule has 0 amide bonds. The van der Waals surface area contributed by atoms with E-state index in [0.717, 1.165) is 18.1 Å². The maximum Gasteiger partial charge on any atom is 0.188 e. The maximum atomic E-state index is 6.00. The number of hydrogen-bond donors (Lipinski definition) is 2. The highest BCUT2D eigenvalue weighted by Gasteiger charge is 2.16. The summed E-state index contributed by atoms with van der Waals surface area (Å²) in [7, 11) is 4.03. The maximum absolute atomic E-state index is 6.00. The normalized spacial score (nSPS) is 15.3. The summed E-state index contributed by atoms with van der Waals surface area (Å²) in [6.45, 7) is 7.24. The molecule has 0 aliphatic carbocycles. The summed E-state index contributed by atoms with van der Waals surface area (Å²) in [5.41, 5.74) is 6.00. The molecule has 1 heterocycles. The van der Waals surface area contributed by atoms with E-state index in [0.29, 0.717) is 18.5 Å². The van der Waals surface area contributed by atoms with Gasteiger partial charge in [0.05, 0.1) is 18.8 Å². The Bertz CT molecular complexity index is 426. The van der Waals surface area contributed by atoms with Crippen molar-refractivity contribution < 1.29 is 4.42 Å². The van der Waals surface area contributed by atoms with Gasteiger partial charge in [-0.25, -0.2) is 0 Å². The summed E-state index contributed by atoms with van der Waals surface area (Å²) in [4.78, 5) is 6.55. The molecule has 0 aromatic carbocycles. The van der Waals surface area contributed by atoms with Crippen molar-refractivity contribution in [2.45, 2.75) is 52.1 Å². The summed E-state index contributed by atoms with van der Waals surface area (Å²) < 4.78 is 5.47. The van der Waals surface area contributed by atoms with E-state index in [1.165, 1.54) is 12.8 Å². The molecule has 0 saturated heterocycles. The van der Waals surface area contributed by atoms with Crippen molar-refractivity contribution in [2.75, 3.05) is 20.6 Å². The van der Waals surface area contributed by atoms with Crippen LogP contribution >= 0.6 is 0 Å². The summed E-state index contributed by atoms with van der Waals surface area (Å²) >= 11 is 0. The zero-order valence-electron chi connectivity index (χ0n) is 14.7. The number of likely N-dealkylation sites (N-methyl/N-ethyl adjacent to an activating group) is 1. The lowest BCUT2D eigenvalue weighted by molar-refractivity contribution is 0.265. The second-order valence-corrected chi connectivity index (χ2v) is 6.59. The molecule has 0 bridgehead atoms. The van der Waals surface area contributed by atoms with Gasteiger partial charge in [-0.2, -0.15) is 0 Å². The van der Waals surface area contributed by atoms with E-state index in [9.17, 15) is 0 Å². The minimum atomic E-state index is 0.103. The summed E-state index contributed by atoms with van der Waals surface area (Å²) in [5, 5.41) is 3.27. The molecule has 2 unspecified atom stereocenters. The zero-order valence-corrected chi connectivity index (χ0v) is 14.7. The van der Waals surface area contributed by atoms with Crippen molar-refractivity contribution in [1.29, 1.82) is 0 Å². The quantitative estimate of drug-likeness (QED) is 0.543. The Balaban J connectivity index is 2.43. The number of aliphatic imine (C=N–C) groups is 1. The number of nitrogens with zero attached hydrogens (tertiary/aromatic N) is 2. The minimum absolute atomic E-state index is 0.103. The number of furan rings is 1. The number of nitrogens with one attached hydrogen (secondary N) is 1. The van der Waals surface area contributed by atoms with Gasteiger partial charge in [0, 0.05) is 6.04 Å². The van der Waals surface area contributed by atoms with Gasteiger partial charge in [-0.1, -0.05) is 26.7 Å². The van der Waals surface area contributed by atoms with Crippen molar-refractivity contribution >= 4 is 5.96 Å². The van der Waals surface area contributed by atoms with Gasteiger partial charge < -0.3 is 15.5 Å². The molecule has 1 aromatic rings. The lowest BCUT2D eigenvalue weighted by atomic mass is 10.0. The van der Waals surface area contributed by atoms with Crippen LogP contribution in [0.25, 0.3) is 0 Å². The van der Waals surface area contributed by atoms with Crippen molar-refractivity contribution in [2.24, 2.45) is 16.6 Å². The van der Waals surface area contributed by atoms with Crippen LogP contribution in [-0.2, 0) is 0 Å². The van der Waals surface area contributed by atoms with E-state index in [1.54, 1.807) is 6.26 Å². The molecule has 0 saturated carbocycles. The molecule has 0 spiro atoms. The van der Waals surface area contributed by atoms with Crippen LogP contribution in [0.3, 0.4) is 0 Å². The predicted molar refractivity (Wildman–Crippen MR) is 92.9 cm³/mol. The van der Waals surface area contributed by atoms with Crippen LogP contribution in [0.2, 0.25) is 0 Å². The molecule has 0 aliphatic rings. The SMILES string of the molecule is CC(C)CCCC(C)NC(N)=NCC(c1ccco1)N(C)C. The van der Waals surface area contributed by atoms with Gasteiger partial charge in [-0.3, -0.25) is 9.89 Å². The predicted octanol–water partition coefficient (Wildman–Crippen LogP) is 3.00.